The Morgan fingerprint density at radius 1 is 1.03 bits per heavy atom. The maximum absolute atomic E-state index is 13.4. The van der Waals surface area contributed by atoms with E-state index in [1.54, 1.807) is 12.4 Å². The predicted octanol–water partition coefficient (Wildman–Crippen LogP) is 4.62. The summed E-state index contributed by atoms with van der Waals surface area (Å²) >= 11 is 5.96. The summed E-state index contributed by atoms with van der Waals surface area (Å²) in [7, 11) is -3.97. The van der Waals surface area contributed by atoms with Gasteiger partial charge < -0.3 is 0 Å². The van der Waals surface area contributed by atoms with Crippen LogP contribution < -0.4 is 5.48 Å². The zero-order valence-electron chi connectivity index (χ0n) is 19.1. The Morgan fingerprint density at radius 3 is 2.23 bits per heavy atom. The van der Waals surface area contributed by atoms with Crippen molar-refractivity contribution in [2.45, 2.75) is 31.7 Å². The van der Waals surface area contributed by atoms with Crippen LogP contribution >= 0.6 is 11.6 Å². The van der Waals surface area contributed by atoms with Gasteiger partial charge in [-0.05, 0) is 54.2 Å². The molecule has 0 fully saturated rings. The summed E-state index contributed by atoms with van der Waals surface area (Å²) in [6.07, 6.45) is 0.651. The lowest BCUT2D eigenvalue weighted by Gasteiger charge is -2.37. The van der Waals surface area contributed by atoms with Crippen molar-refractivity contribution in [2.24, 2.45) is 5.10 Å². The molecule has 7 nitrogen and oxygen atoms in total. The van der Waals surface area contributed by atoms with Gasteiger partial charge in [-0.3, -0.25) is 10.0 Å². The van der Waals surface area contributed by atoms with E-state index in [4.69, 9.17) is 11.6 Å². The van der Waals surface area contributed by atoms with Gasteiger partial charge in [0.05, 0.1) is 5.75 Å². The molecule has 4 rings (SSSR count). The Labute approximate surface area is 210 Å². The van der Waals surface area contributed by atoms with Crippen LogP contribution in [0.15, 0.2) is 84.0 Å². The first kappa shape index (κ1) is 24.9. The molecule has 35 heavy (non-hydrogen) atoms. The number of aryl methyl sites for hydroxylation is 1. The third-order valence-electron chi connectivity index (χ3n) is 6.08. The van der Waals surface area contributed by atoms with Crippen molar-refractivity contribution in [3.05, 3.63) is 95.0 Å². The number of amides is 1. The number of hydrogen-bond donors (Lipinski definition) is 2. The average Bonchev–Trinajstić information content (AvgIpc) is 2.88. The second kappa shape index (κ2) is 10.6. The number of rotatable bonds is 7. The first-order valence-electron chi connectivity index (χ1n) is 11.2. The molecule has 0 spiro atoms. The van der Waals surface area contributed by atoms with Crippen LogP contribution in [0.3, 0.4) is 0 Å². The van der Waals surface area contributed by atoms with E-state index in [-0.39, 0.29) is 12.2 Å². The molecule has 1 amide bonds. The van der Waals surface area contributed by atoms with Gasteiger partial charge in [0, 0.05) is 16.7 Å². The number of carbonyl (C=O) groups excluding carboxylic acids is 1. The largest absolute Gasteiger partial charge is 0.289 e. The molecule has 9 heteroatoms. The van der Waals surface area contributed by atoms with Crippen LogP contribution in [-0.2, 0) is 21.2 Å². The molecule has 3 aromatic rings. The lowest BCUT2D eigenvalue weighted by atomic mass is 9.86. The lowest BCUT2D eigenvalue weighted by molar-refractivity contribution is -0.134. The number of halogens is 1. The quantitative estimate of drug-likeness (QED) is 0.357. The van der Waals surface area contributed by atoms with Crippen LogP contribution in [-0.4, -0.2) is 41.5 Å². The fourth-order valence-electron chi connectivity index (χ4n) is 4.29. The Hall–Kier alpha value is -3.20. The third-order valence-corrected chi connectivity index (χ3v) is 7.93. The highest BCUT2D eigenvalue weighted by molar-refractivity contribution is 7.89. The Kier molecular flexibility index (Phi) is 7.54. The molecule has 2 atom stereocenters. The van der Waals surface area contributed by atoms with Crippen LogP contribution in [0.4, 0.5) is 0 Å². The fraction of sp³-hybridized carbons (Fsp3) is 0.231. The van der Waals surface area contributed by atoms with Crippen molar-refractivity contribution in [1.29, 1.82) is 0 Å². The highest BCUT2D eigenvalue weighted by Crippen LogP contribution is 2.34. The van der Waals surface area contributed by atoms with E-state index in [0.29, 0.717) is 17.2 Å². The number of hydrazone groups is 1. The number of benzene rings is 3. The first-order chi connectivity index (χ1) is 16.8. The minimum Gasteiger partial charge on any atom is -0.289 e. The molecule has 1 aliphatic heterocycles. The van der Waals surface area contributed by atoms with Gasteiger partial charge in [-0.1, -0.05) is 78.3 Å². The third kappa shape index (κ3) is 5.73. The number of hydrogen-bond acceptors (Lipinski definition) is 5. The Bertz CT molecular complexity index is 1310. The van der Waals surface area contributed by atoms with Crippen LogP contribution in [0.1, 0.15) is 30.4 Å². The second-order valence-electron chi connectivity index (χ2n) is 8.52. The first-order valence-corrected chi connectivity index (χ1v) is 13.2. The van der Waals surface area contributed by atoms with Gasteiger partial charge >= 0.3 is 0 Å². The molecule has 0 bridgehead atoms. The second-order valence-corrected chi connectivity index (χ2v) is 10.9. The van der Waals surface area contributed by atoms with E-state index < -0.39 is 27.9 Å². The maximum Gasteiger partial charge on any atom is 0.269 e. The molecule has 0 saturated heterocycles. The summed E-state index contributed by atoms with van der Waals surface area (Å²) in [6, 6.07) is 23.1. The highest BCUT2D eigenvalue weighted by Gasteiger charge is 2.43. The summed E-state index contributed by atoms with van der Waals surface area (Å²) in [4.78, 5) is 12.6. The molecule has 0 aromatic heterocycles. The number of sulfonamides is 1. The minimum absolute atomic E-state index is 0.235. The summed E-state index contributed by atoms with van der Waals surface area (Å²) in [5.74, 6) is -1.53. The summed E-state index contributed by atoms with van der Waals surface area (Å²) in [5, 5.41) is 14.3. The molecule has 1 aliphatic rings. The van der Waals surface area contributed by atoms with Crippen molar-refractivity contribution >= 4 is 33.2 Å². The molecule has 3 aromatic carbocycles. The topological polar surface area (TPSA) is 99.1 Å². The number of hydroxylamine groups is 1. The smallest absolute Gasteiger partial charge is 0.269 e. The van der Waals surface area contributed by atoms with E-state index >= 15 is 0 Å². The van der Waals surface area contributed by atoms with Crippen molar-refractivity contribution < 1.29 is 18.4 Å². The van der Waals surface area contributed by atoms with E-state index in [1.807, 2.05) is 78.9 Å². The van der Waals surface area contributed by atoms with E-state index in [2.05, 4.69) is 5.10 Å². The molecule has 1 heterocycles. The molecule has 0 saturated carbocycles. The number of nitrogens with one attached hydrogen (secondary N) is 1. The van der Waals surface area contributed by atoms with Crippen LogP contribution in [0, 0.1) is 0 Å². The highest BCUT2D eigenvalue weighted by atomic mass is 35.5. The van der Waals surface area contributed by atoms with Gasteiger partial charge in [-0.25, -0.2) is 13.9 Å². The number of carbonyl (C=O) groups is 1. The molecule has 182 valence electrons. The van der Waals surface area contributed by atoms with Crippen LogP contribution in [0.2, 0.25) is 5.02 Å². The maximum atomic E-state index is 13.4. The number of nitrogens with zero attached hydrogens (tertiary/aromatic N) is 2. The van der Waals surface area contributed by atoms with Crippen molar-refractivity contribution in [2.75, 3.05) is 5.75 Å². The van der Waals surface area contributed by atoms with E-state index in [1.165, 1.54) is 0 Å². The zero-order chi connectivity index (χ0) is 25.0. The normalized spacial score (nSPS) is 18.1. The van der Waals surface area contributed by atoms with Gasteiger partial charge in [0.15, 0.2) is 6.04 Å². The molecule has 2 unspecified atom stereocenters. The molecular weight excluding hydrogens is 486 g/mol. The average molecular weight is 512 g/mol. The minimum atomic E-state index is -3.97. The molecule has 2 N–H and O–H groups in total. The van der Waals surface area contributed by atoms with Gasteiger partial charge in [0.1, 0.15) is 0 Å². The van der Waals surface area contributed by atoms with Gasteiger partial charge in [-0.15, -0.1) is 0 Å². The van der Waals surface area contributed by atoms with Crippen molar-refractivity contribution in [3.63, 3.8) is 0 Å². The summed E-state index contributed by atoms with van der Waals surface area (Å²) in [6.45, 7) is 1.74. The van der Waals surface area contributed by atoms with Gasteiger partial charge in [0.25, 0.3) is 15.9 Å². The molecule has 0 aliphatic carbocycles. The van der Waals surface area contributed by atoms with E-state index in [0.717, 1.165) is 26.7 Å². The SMILES string of the molecule is CC1=NN(S(=O)(=O)CCc2ccc(-c3ccc(Cl)cc3)cc2)C(C(=O)NO)C(c2ccccc2)C1. The fourth-order valence-corrected chi connectivity index (χ4v) is 5.95. The molecular formula is C26H26ClN3O4S. The van der Waals surface area contributed by atoms with E-state index in [9.17, 15) is 18.4 Å². The summed E-state index contributed by atoms with van der Waals surface area (Å²) in [5.41, 5.74) is 5.87. The van der Waals surface area contributed by atoms with Crippen LogP contribution in [0.25, 0.3) is 11.1 Å². The molecule has 0 radical (unpaired) electrons. The lowest BCUT2D eigenvalue weighted by Crippen LogP contribution is -2.53. The summed E-state index contributed by atoms with van der Waals surface area (Å²) < 4.78 is 27.6. The zero-order valence-corrected chi connectivity index (χ0v) is 20.7. The predicted molar refractivity (Wildman–Crippen MR) is 137 cm³/mol. The van der Waals surface area contributed by atoms with Crippen LogP contribution in [0.5, 0.6) is 0 Å². The van der Waals surface area contributed by atoms with Gasteiger partial charge in [-0.2, -0.15) is 9.52 Å². The standard InChI is InChI=1S/C26H26ClN3O4S/c1-18-17-24(22-5-3-2-4-6-22)25(26(31)29-32)30(28-18)35(33,34)16-15-19-7-9-20(10-8-19)21-11-13-23(27)14-12-21/h2-14,24-25,32H,15-17H2,1H3,(H,29,31). The van der Waals surface area contributed by atoms with Crippen molar-refractivity contribution in [1.82, 2.24) is 9.89 Å². The van der Waals surface area contributed by atoms with Gasteiger partial charge in [0.2, 0.25) is 0 Å². The Balaban J connectivity index is 1.55. The Morgan fingerprint density at radius 2 is 1.63 bits per heavy atom. The van der Waals surface area contributed by atoms with Crippen molar-refractivity contribution in [3.8, 4) is 11.1 Å². The monoisotopic (exact) mass is 511 g/mol.